The van der Waals surface area contributed by atoms with Gasteiger partial charge < -0.3 is 4.90 Å². The number of aromatic nitrogens is 6. The monoisotopic (exact) mass is 432 g/mol. The fraction of sp³-hybridized carbons (Fsp3) is 0.150. The van der Waals surface area contributed by atoms with E-state index >= 15 is 0 Å². The van der Waals surface area contributed by atoms with Crippen LogP contribution < -0.4 is 5.32 Å². The average molecular weight is 432 g/mol. The summed E-state index contributed by atoms with van der Waals surface area (Å²) >= 11 is 1.35. The third-order valence-electron chi connectivity index (χ3n) is 4.73. The molecule has 0 radical (unpaired) electrons. The maximum atomic E-state index is 12.9. The Morgan fingerprint density at radius 1 is 1.06 bits per heavy atom. The van der Waals surface area contributed by atoms with E-state index in [0.29, 0.717) is 24.6 Å². The van der Waals surface area contributed by atoms with Crippen LogP contribution in [0.2, 0.25) is 0 Å². The second kappa shape index (κ2) is 8.03. The molecule has 0 unspecified atom stereocenters. The number of thiazole rings is 1. The molecular weight excluding hydrogens is 416 g/mol. The van der Waals surface area contributed by atoms with Gasteiger partial charge in [0, 0.05) is 30.2 Å². The Labute approximate surface area is 180 Å². The van der Waals surface area contributed by atoms with Gasteiger partial charge in [0.15, 0.2) is 10.8 Å². The van der Waals surface area contributed by atoms with Crippen molar-refractivity contribution in [1.29, 1.82) is 0 Å². The molecule has 4 heterocycles. The Balaban J connectivity index is 1.28. The summed E-state index contributed by atoms with van der Waals surface area (Å²) in [6.45, 7) is 0.927. The molecule has 0 aliphatic carbocycles. The highest BCUT2D eigenvalue weighted by molar-refractivity contribution is 7.15. The van der Waals surface area contributed by atoms with Gasteiger partial charge in [-0.05, 0) is 12.1 Å². The van der Waals surface area contributed by atoms with Crippen molar-refractivity contribution < 1.29 is 9.59 Å². The van der Waals surface area contributed by atoms with Gasteiger partial charge in [0.25, 0.3) is 11.8 Å². The van der Waals surface area contributed by atoms with Crippen LogP contribution in [-0.4, -0.2) is 53.2 Å². The zero-order chi connectivity index (χ0) is 21.2. The van der Waals surface area contributed by atoms with Gasteiger partial charge in [-0.25, -0.2) is 9.97 Å². The van der Waals surface area contributed by atoms with Gasteiger partial charge in [0.1, 0.15) is 5.69 Å². The summed E-state index contributed by atoms with van der Waals surface area (Å²) in [6, 6.07) is 9.42. The lowest BCUT2D eigenvalue weighted by Gasteiger charge is -2.25. The molecule has 10 nitrogen and oxygen atoms in total. The van der Waals surface area contributed by atoms with Crippen molar-refractivity contribution in [3.8, 4) is 5.69 Å². The highest BCUT2D eigenvalue weighted by Gasteiger charge is 2.27. The Hall–Kier alpha value is -3.99. The number of anilines is 1. The molecule has 0 saturated heterocycles. The van der Waals surface area contributed by atoms with Crippen LogP contribution in [0.5, 0.6) is 0 Å². The van der Waals surface area contributed by atoms with Crippen molar-refractivity contribution in [3.05, 3.63) is 77.1 Å². The number of hydrogen-bond acceptors (Lipinski definition) is 8. The molecule has 11 heteroatoms. The number of nitrogens with zero attached hydrogens (tertiary/aromatic N) is 7. The second-order valence-electron chi connectivity index (χ2n) is 6.77. The Morgan fingerprint density at radius 3 is 2.74 bits per heavy atom. The van der Waals surface area contributed by atoms with Crippen LogP contribution in [0.15, 0.2) is 55.1 Å². The van der Waals surface area contributed by atoms with Crippen molar-refractivity contribution in [2.45, 2.75) is 13.0 Å². The lowest BCUT2D eigenvalue weighted by Crippen LogP contribution is -2.35. The van der Waals surface area contributed by atoms with Crippen molar-refractivity contribution in [2.75, 3.05) is 11.9 Å². The lowest BCUT2D eigenvalue weighted by molar-refractivity contribution is 0.0729. The van der Waals surface area contributed by atoms with Gasteiger partial charge in [-0.1, -0.05) is 29.5 Å². The third kappa shape index (κ3) is 3.90. The molecule has 0 bridgehead atoms. The van der Waals surface area contributed by atoms with Gasteiger partial charge >= 0.3 is 0 Å². The molecule has 5 rings (SSSR count). The Kier molecular flexibility index (Phi) is 4.92. The van der Waals surface area contributed by atoms with Crippen LogP contribution in [0, 0.1) is 0 Å². The van der Waals surface area contributed by atoms with Crippen molar-refractivity contribution >= 4 is 28.3 Å². The van der Waals surface area contributed by atoms with E-state index in [1.807, 2.05) is 30.3 Å². The fourth-order valence-corrected chi connectivity index (χ4v) is 4.23. The summed E-state index contributed by atoms with van der Waals surface area (Å²) in [6.07, 6.45) is 6.43. The van der Waals surface area contributed by atoms with Gasteiger partial charge in [0.05, 0.1) is 30.3 Å². The van der Waals surface area contributed by atoms with Crippen LogP contribution >= 0.6 is 11.3 Å². The van der Waals surface area contributed by atoms with E-state index in [0.717, 1.165) is 16.3 Å². The van der Waals surface area contributed by atoms with Crippen LogP contribution in [0.4, 0.5) is 5.13 Å². The van der Waals surface area contributed by atoms with Crippen molar-refractivity contribution in [1.82, 2.24) is 34.8 Å². The van der Waals surface area contributed by atoms with Crippen LogP contribution in [0.3, 0.4) is 0 Å². The standard InChI is InChI=1S/C20H16N8O2S/c29-18(15-10-21-7-8-22-15)25-20-24-14-6-9-27(12-17(14)31-20)19(30)16-11-23-28(26-16)13-4-2-1-3-5-13/h1-5,7-8,10-11H,6,9,12H2,(H,24,25,29). The normalized spacial score (nSPS) is 13.0. The molecule has 2 amide bonds. The Morgan fingerprint density at radius 2 is 1.94 bits per heavy atom. The topological polar surface area (TPSA) is 119 Å². The summed E-state index contributed by atoms with van der Waals surface area (Å²) in [5, 5.41) is 11.8. The second-order valence-corrected chi connectivity index (χ2v) is 7.85. The largest absolute Gasteiger partial charge is 0.332 e. The van der Waals surface area contributed by atoms with E-state index in [2.05, 4.69) is 30.5 Å². The number of carbonyl (C=O) groups excluding carboxylic acids is 2. The summed E-state index contributed by atoms with van der Waals surface area (Å²) in [5.74, 6) is -0.559. The van der Waals surface area contributed by atoms with Crippen LogP contribution in [-0.2, 0) is 13.0 Å². The maximum Gasteiger partial charge on any atom is 0.277 e. The van der Waals surface area contributed by atoms with E-state index in [1.165, 1.54) is 40.9 Å². The minimum Gasteiger partial charge on any atom is -0.332 e. The molecule has 3 aromatic heterocycles. The lowest BCUT2D eigenvalue weighted by atomic mass is 10.1. The SMILES string of the molecule is O=C(Nc1nc2c(s1)CN(C(=O)c1cnn(-c3ccccc3)n1)CC2)c1cnccn1. The highest BCUT2D eigenvalue weighted by atomic mass is 32.1. The number of hydrogen-bond donors (Lipinski definition) is 1. The summed E-state index contributed by atoms with van der Waals surface area (Å²) in [7, 11) is 0. The summed E-state index contributed by atoms with van der Waals surface area (Å²) in [5.41, 5.74) is 2.17. The zero-order valence-corrected chi connectivity index (χ0v) is 17.0. The number of para-hydroxylation sites is 1. The quantitative estimate of drug-likeness (QED) is 0.524. The minimum absolute atomic E-state index is 0.189. The first kappa shape index (κ1) is 19.0. The van der Waals surface area contributed by atoms with Crippen LogP contribution in [0.25, 0.3) is 5.69 Å². The van der Waals surface area contributed by atoms with E-state index in [-0.39, 0.29) is 23.2 Å². The molecule has 31 heavy (non-hydrogen) atoms. The fourth-order valence-electron chi connectivity index (χ4n) is 3.21. The molecule has 0 atom stereocenters. The van der Waals surface area contributed by atoms with Gasteiger partial charge in [0.2, 0.25) is 0 Å². The molecule has 1 aliphatic heterocycles. The highest BCUT2D eigenvalue weighted by Crippen LogP contribution is 2.29. The molecular formula is C20H16N8O2S. The van der Waals surface area contributed by atoms with E-state index in [4.69, 9.17) is 0 Å². The predicted octanol–water partition coefficient (Wildman–Crippen LogP) is 1.96. The molecule has 0 fully saturated rings. The summed E-state index contributed by atoms with van der Waals surface area (Å²) < 4.78 is 0. The van der Waals surface area contributed by atoms with E-state index < -0.39 is 0 Å². The predicted molar refractivity (Wildman–Crippen MR) is 112 cm³/mol. The molecule has 0 saturated carbocycles. The molecule has 1 N–H and O–H groups in total. The van der Waals surface area contributed by atoms with Gasteiger partial charge in [-0.3, -0.25) is 19.9 Å². The summed E-state index contributed by atoms with van der Waals surface area (Å²) in [4.78, 5) is 41.7. The third-order valence-corrected chi connectivity index (χ3v) is 5.73. The molecule has 1 aliphatic rings. The Bertz CT molecular complexity index is 1240. The van der Waals surface area contributed by atoms with Crippen molar-refractivity contribution in [2.24, 2.45) is 0 Å². The number of nitrogens with one attached hydrogen (secondary N) is 1. The number of rotatable bonds is 4. The van der Waals surface area contributed by atoms with Crippen molar-refractivity contribution in [3.63, 3.8) is 0 Å². The van der Waals surface area contributed by atoms with Crippen LogP contribution in [0.1, 0.15) is 31.5 Å². The van der Waals surface area contributed by atoms with E-state index in [1.54, 1.807) is 4.90 Å². The number of benzene rings is 1. The maximum absolute atomic E-state index is 12.9. The number of amides is 2. The van der Waals surface area contributed by atoms with E-state index in [9.17, 15) is 9.59 Å². The van der Waals surface area contributed by atoms with Gasteiger partial charge in [-0.2, -0.15) is 9.90 Å². The average Bonchev–Trinajstić information content (AvgIpc) is 3.46. The van der Waals surface area contributed by atoms with Gasteiger partial charge in [-0.15, -0.1) is 5.10 Å². The minimum atomic E-state index is -0.371. The first-order chi connectivity index (χ1) is 15.2. The smallest absolute Gasteiger partial charge is 0.277 e. The number of fused-ring (bicyclic) bond motifs is 1. The molecule has 154 valence electrons. The zero-order valence-electron chi connectivity index (χ0n) is 16.2. The first-order valence-corrected chi connectivity index (χ1v) is 10.3. The molecule has 1 aromatic carbocycles. The molecule has 0 spiro atoms. The molecule has 4 aromatic rings. The number of carbonyl (C=O) groups is 2. The first-order valence-electron chi connectivity index (χ1n) is 9.50.